The number of hydrogen-bond donors (Lipinski definition) is 3. The number of allylic oxidation sites excluding steroid dienone is 2. The van der Waals surface area contributed by atoms with Crippen LogP contribution in [0, 0.1) is 0 Å². The monoisotopic (exact) mass is 340 g/mol. The first-order valence-corrected chi connectivity index (χ1v) is 7.17. The van der Waals surface area contributed by atoms with E-state index in [1.165, 1.54) is 6.20 Å². The van der Waals surface area contributed by atoms with Crippen LogP contribution >= 0.6 is 23.2 Å². The van der Waals surface area contributed by atoms with E-state index >= 15 is 0 Å². The maximum atomic E-state index is 11.7. The Morgan fingerprint density at radius 2 is 2.05 bits per heavy atom. The predicted molar refractivity (Wildman–Crippen MR) is 85.7 cm³/mol. The third-order valence-electron chi connectivity index (χ3n) is 3.49. The summed E-state index contributed by atoms with van der Waals surface area (Å²) in [6, 6.07) is 5.03. The van der Waals surface area contributed by atoms with Gasteiger partial charge in [0.15, 0.2) is 0 Å². The number of aliphatic imine (C=N–C) groups is 1. The molecule has 3 N–H and O–H groups in total. The number of nitrogens with one attached hydrogen (secondary N) is 1. The molecular formula is C15H14Cl2N2O3. The lowest BCUT2D eigenvalue weighted by molar-refractivity contribution is -0.133. The summed E-state index contributed by atoms with van der Waals surface area (Å²) in [4.78, 5) is 15.9. The van der Waals surface area contributed by atoms with Crippen molar-refractivity contribution in [2.75, 3.05) is 0 Å². The molecule has 22 heavy (non-hydrogen) atoms. The van der Waals surface area contributed by atoms with Crippen LogP contribution in [0.5, 0.6) is 0 Å². The molecule has 0 spiro atoms. The van der Waals surface area contributed by atoms with Gasteiger partial charge in [0.25, 0.3) is 0 Å². The first kappa shape index (κ1) is 16.5. The molecule has 0 bridgehead atoms. The van der Waals surface area contributed by atoms with Crippen LogP contribution in [0.25, 0.3) is 0 Å². The fraction of sp³-hybridized carbons (Fsp3) is 0.200. The highest BCUT2D eigenvalue weighted by Gasteiger charge is 2.34. The molecule has 1 aliphatic heterocycles. The number of halogens is 2. The molecule has 1 atom stereocenters. The van der Waals surface area contributed by atoms with Crippen LogP contribution in [0.2, 0.25) is 10.0 Å². The summed E-state index contributed by atoms with van der Waals surface area (Å²) >= 11 is 12.3. The van der Waals surface area contributed by atoms with Crippen molar-refractivity contribution in [2.45, 2.75) is 19.8 Å². The Morgan fingerprint density at radius 3 is 2.64 bits per heavy atom. The van der Waals surface area contributed by atoms with Crippen LogP contribution in [0.15, 0.2) is 46.2 Å². The van der Waals surface area contributed by atoms with Gasteiger partial charge < -0.3 is 5.11 Å². The van der Waals surface area contributed by atoms with Gasteiger partial charge in [0.2, 0.25) is 0 Å². The highest BCUT2D eigenvalue weighted by Crippen LogP contribution is 2.42. The summed E-state index contributed by atoms with van der Waals surface area (Å²) in [6.07, 6.45) is 1.30. The van der Waals surface area contributed by atoms with E-state index in [-0.39, 0.29) is 10.6 Å². The van der Waals surface area contributed by atoms with Crippen molar-refractivity contribution in [1.29, 1.82) is 0 Å². The van der Waals surface area contributed by atoms with Gasteiger partial charge in [-0.2, -0.15) is 0 Å². The number of carboxylic acid groups (broad SMARTS) is 1. The summed E-state index contributed by atoms with van der Waals surface area (Å²) in [5.41, 5.74) is 4.07. The van der Waals surface area contributed by atoms with E-state index in [2.05, 4.69) is 4.99 Å². The molecule has 2 rings (SSSR count). The van der Waals surface area contributed by atoms with Gasteiger partial charge in [0.05, 0.1) is 15.6 Å². The fourth-order valence-electron chi connectivity index (χ4n) is 2.55. The van der Waals surface area contributed by atoms with Crippen molar-refractivity contribution in [1.82, 2.24) is 5.48 Å². The van der Waals surface area contributed by atoms with Crippen LogP contribution in [0.4, 0.5) is 0 Å². The van der Waals surface area contributed by atoms with Crippen LogP contribution in [-0.2, 0) is 4.79 Å². The predicted octanol–water partition coefficient (Wildman–Crippen LogP) is 3.77. The Morgan fingerprint density at radius 1 is 1.36 bits per heavy atom. The van der Waals surface area contributed by atoms with Crippen molar-refractivity contribution >= 4 is 34.9 Å². The normalized spacial score (nSPS) is 20.1. The number of benzene rings is 1. The van der Waals surface area contributed by atoms with Crippen molar-refractivity contribution in [3.63, 3.8) is 0 Å². The van der Waals surface area contributed by atoms with Gasteiger partial charge in [-0.25, -0.2) is 4.79 Å². The zero-order valence-electron chi connectivity index (χ0n) is 11.9. The molecule has 0 aromatic heterocycles. The van der Waals surface area contributed by atoms with E-state index in [0.29, 0.717) is 27.6 Å². The summed E-state index contributed by atoms with van der Waals surface area (Å²) in [5, 5.41) is 19.2. The molecule has 0 amide bonds. The Bertz CT molecular complexity index is 723. The molecule has 0 saturated heterocycles. The SMILES string of the molecule is CC1=NC(C)=C(C(=O)O)C(c2cccc(Cl)c2Cl)C1=CNO. The van der Waals surface area contributed by atoms with Crippen molar-refractivity contribution in [2.24, 2.45) is 4.99 Å². The van der Waals surface area contributed by atoms with Gasteiger partial charge >= 0.3 is 5.97 Å². The zero-order valence-corrected chi connectivity index (χ0v) is 13.4. The lowest BCUT2D eigenvalue weighted by Crippen LogP contribution is -2.24. The molecule has 1 aromatic carbocycles. The average Bonchev–Trinajstić information content (AvgIpc) is 2.44. The molecule has 1 unspecified atom stereocenters. The van der Waals surface area contributed by atoms with Crippen molar-refractivity contribution in [3.8, 4) is 0 Å². The van der Waals surface area contributed by atoms with E-state index in [0.717, 1.165) is 0 Å². The second-order valence-corrected chi connectivity index (χ2v) is 5.59. The maximum absolute atomic E-state index is 11.7. The number of nitrogens with zero attached hydrogens (tertiary/aromatic N) is 1. The third kappa shape index (κ3) is 2.88. The number of carboxylic acids is 1. The lowest BCUT2D eigenvalue weighted by Gasteiger charge is -2.27. The molecule has 0 radical (unpaired) electrons. The van der Waals surface area contributed by atoms with E-state index in [9.17, 15) is 9.90 Å². The van der Waals surface area contributed by atoms with E-state index in [1.54, 1.807) is 32.0 Å². The minimum Gasteiger partial charge on any atom is -0.478 e. The standard InChI is InChI=1S/C15H14Cl2N2O3/c1-7-10(6-18-22)13(12(15(20)21)8(2)19-7)9-4-3-5-11(16)14(9)17/h3-6,13,18,22H,1-2H3,(H,20,21). The largest absolute Gasteiger partial charge is 0.478 e. The molecule has 116 valence electrons. The van der Waals surface area contributed by atoms with Gasteiger partial charge in [0.1, 0.15) is 0 Å². The summed E-state index contributed by atoms with van der Waals surface area (Å²) in [7, 11) is 0. The smallest absolute Gasteiger partial charge is 0.334 e. The topological polar surface area (TPSA) is 81.9 Å². The van der Waals surface area contributed by atoms with E-state index in [1.807, 2.05) is 5.48 Å². The number of rotatable bonds is 3. The average molecular weight is 341 g/mol. The minimum absolute atomic E-state index is 0.0938. The molecule has 0 aliphatic carbocycles. The van der Waals surface area contributed by atoms with E-state index in [4.69, 9.17) is 28.4 Å². The molecule has 7 heteroatoms. The van der Waals surface area contributed by atoms with Crippen molar-refractivity contribution in [3.05, 3.63) is 56.9 Å². The van der Waals surface area contributed by atoms with Gasteiger partial charge in [0, 0.05) is 29.1 Å². The Labute approximate surface area is 137 Å². The summed E-state index contributed by atoms with van der Waals surface area (Å²) in [5.74, 6) is -1.78. The van der Waals surface area contributed by atoms with Gasteiger partial charge in [-0.3, -0.25) is 15.7 Å². The lowest BCUT2D eigenvalue weighted by atomic mass is 9.80. The molecule has 0 saturated carbocycles. The quantitative estimate of drug-likeness (QED) is 0.731. The van der Waals surface area contributed by atoms with Crippen LogP contribution in [0.1, 0.15) is 25.3 Å². The number of hydrogen-bond acceptors (Lipinski definition) is 4. The van der Waals surface area contributed by atoms with Crippen LogP contribution < -0.4 is 5.48 Å². The summed E-state index contributed by atoms with van der Waals surface area (Å²) in [6.45, 7) is 3.36. The van der Waals surface area contributed by atoms with Crippen LogP contribution in [-0.4, -0.2) is 22.0 Å². The van der Waals surface area contributed by atoms with Gasteiger partial charge in [-0.15, -0.1) is 0 Å². The highest BCUT2D eigenvalue weighted by atomic mass is 35.5. The molecular weight excluding hydrogens is 327 g/mol. The molecule has 5 nitrogen and oxygen atoms in total. The van der Waals surface area contributed by atoms with E-state index < -0.39 is 11.9 Å². The Balaban J connectivity index is 2.76. The van der Waals surface area contributed by atoms with Gasteiger partial charge in [-0.05, 0) is 25.5 Å². The first-order valence-electron chi connectivity index (χ1n) is 6.41. The third-order valence-corrected chi connectivity index (χ3v) is 4.32. The zero-order chi connectivity index (χ0) is 16.4. The number of aliphatic carboxylic acids is 1. The minimum atomic E-state index is -1.10. The maximum Gasteiger partial charge on any atom is 0.334 e. The first-order chi connectivity index (χ1) is 10.4. The van der Waals surface area contributed by atoms with Crippen molar-refractivity contribution < 1.29 is 15.1 Å². The summed E-state index contributed by atoms with van der Waals surface area (Å²) < 4.78 is 0. The molecule has 0 fully saturated rings. The second-order valence-electron chi connectivity index (χ2n) is 4.81. The Hall–Kier alpha value is -1.82. The second kappa shape index (κ2) is 6.52. The van der Waals surface area contributed by atoms with Gasteiger partial charge in [-0.1, -0.05) is 35.3 Å². The number of carbonyl (C=O) groups is 1. The fourth-order valence-corrected chi connectivity index (χ4v) is 2.97. The highest BCUT2D eigenvalue weighted by molar-refractivity contribution is 6.42. The number of hydroxylamine groups is 1. The Kier molecular flexibility index (Phi) is 4.90. The van der Waals surface area contributed by atoms with Crippen LogP contribution in [0.3, 0.4) is 0 Å². The molecule has 1 aromatic rings. The molecule has 1 heterocycles. The molecule has 1 aliphatic rings.